The van der Waals surface area contributed by atoms with Crippen molar-refractivity contribution in [2.45, 2.75) is 91.9 Å². The zero-order valence-corrected chi connectivity index (χ0v) is 21.6. The quantitative estimate of drug-likeness (QED) is 0.548. The van der Waals surface area contributed by atoms with Gasteiger partial charge in [0.05, 0.1) is 40.8 Å². The van der Waals surface area contributed by atoms with Crippen LogP contribution in [0.2, 0.25) is 0 Å². The fourth-order valence-corrected chi connectivity index (χ4v) is 4.87. The van der Waals surface area contributed by atoms with E-state index in [1.54, 1.807) is 32.1 Å². The maximum Gasteiger partial charge on any atom is 0.223 e. The number of Topliss-reactive ketones (excluding diaryl/α,β-unsaturated/α-hetero) is 1. The molecule has 1 aliphatic heterocycles. The molecule has 6 nitrogen and oxygen atoms in total. The van der Waals surface area contributed by atoms with E-state index in [1.165, 1.54) is 0 Å². The third-order valence-corrected chi connectivity index (χ3v) is 7.61. The summed E-state index contributed by atoms with van der Waals surface area (Å²) in [5.74, 6) is -1.17. The van der Waals surface area contributed by atoms with Crippen molar-refractivity contribution in [3.8, 4) is 0 Å². The van der Waals surface area contributed by atoms with Crippen LogP contribution < -0.4 is 5.32 Å². The number of hydrogen-bond acceptors (Lipinski definition) is 6. The Labute approximate surface area is 202 Å². The molecule has 5 atom stereocenters. The summed E-state index contributed by atoms with van der Waals surface area (Å²) in [6.45, 7) is 10.9. The van der Waals surface area contributed by atoms with Crippen molar-refractivity contribution in [2.24, 2.45) is 17.3 Å². The molecule has 33 heavy (non-hydrogen) atoms. The van der Waals surface area contributed by atoms with Crippen LogP contribution in [0.25, 0.3) is 6.08 Å². The Bertz CT molecular complexity index is 873. The van der Waals surface area contributed by atoms with Crippen LogP contribution >= 0.6 is 11.3 Å². The maximum atomic E-state index is 13.1. The highest BCUT2D eigenvalue weighted by Gasteiger charge is 2.42. The van der Waals surface area contributed by atoms with Crippen molar-refractivity contribution in [1.82, 2.24) is 10.3 Å². The molecule has 0 saturated carbocycles. The molecular formula is C26H40N2O4S. The molecule has 1 unspecified atom stereocenters. The molecule has 0 bridgehead atoms. The minimum atomic E-state index is -1.15. The normalized spacial score (nSPS) is 31.8. The summed E-state index contributed by atoms with van der Waals surface area (Å²) in [7, 11) is 0. The van der Waals surface area contributed by atoms with Gasteiger partial charge in [0.1, 0.15) is 5.78 Å². The number of allylic oxidation sites excluding steroid dienone is 1. The molecule has 1 aromatic rings. The molecule has 0 aliphatic carbocycles. The number of aliphatic hydroxyl groups is 2. The number of carbonyl (C=O) groups excluding carboxylic acids is 2. The average molecular weight is 477 g/mol. The number of nitrogens with zero attached hydrogens (tertiary/aromatic N) is 1. The molecule has 184 valence electrons. The molecule has 0 saturated heterocycles. The zero-order valence-electron chi connectivity index (χ0n) is 20.8. The SMILES string of the molecule is C/C(=C\c1csc(C)n1)[C@@H]1C/C=C\CCC[C@H](C)C(O)[C@@H](C)C(=O)C(C)(C)[C@@H](O)CC(=O)N1. The number of amides is 1. The summed E-state index contributed by atoms with van der Waals surface area (Å²) in [6.07, 6.45) is 7.29. The second kappa shape index (κ2) is 12.0. The van der Waals surface area contributed by atoms with E-state index in [-0.39, 0.29) is 30.1 Å². The lowest BCUT2D eigenvalue weighted by Gasteiger charge is -2.34. The highest BCUT2D eigenvalue weighted by atomic mass is 32.1. The Morgan fingerprint density at radius 3 is 2.58 bits per heavy atom. The van der Waals surface area contributed by atoms with Crippen LogP contribution in [-0.4, -0.2) is 45.1 Å². The number of aryl methyl sites for hydroxylation is 1. The van der Waals surface area contributed by atoms with E-state index in [9.17, 15) is 19.8 Å². The third kappa shape index (κ3) is 7.59. The molecule has 1 aliphatic rings. The first-order valence-electron chi connectivity index (χ1n) is 11.9. The second-order valence-electron chi connectivity index (χ2n) is 10.0. The summed E-state index contributed by atoms with van der Waals surface area (Å²) in [4.78, 5) is 30.5. The molecule has 3 N–H and O–H groups in total. The summed E-state index contributed by atoms with van der Waals surface area (Å²) >= 11 is 1.58. The molecule has 2 rings (SSSR count). The molecule has 1 aromatic heterocycles. The fourth-order valence-electron chi connectivity index (χ4n) is 4.30. The second-order valence-corrected chi connectivity index (χ2v) is 11.1. The van der Waals surface area contributed by atoms with Gasteiger partial charge in [-0.05, 0) is 57.1 Å². The standard InChI is InChI=1S/C26H40N2O4S/c1-16-11-9-7-8-10-12-21(17(2)13-20-15-33-19(4)27-20)28-23(30)14-22(29)26(5,6)25(32)18(3)24(16)31/h8,10,13,15-16,18,21-22,24,29,31H,7,9,11-12,14H2,1-6H3,(H,28,30)/b10-8-,17-13+/t16-,18+,21-,22-,24?/m0/s1. The largest absolute Gasteiger partial charge is 0.392 e. The van der Waals surface area contributed by atoms with E-state index in [4.69, 9.17) is 0 Å². The number of aliphatic hydroxyl groups excluding tert-OH is 2. The van der Waals surface area contributed by atoms with E-state index in [2.05, 4.69) is 22.5 Å². The van der Waals surface area contributed by atoms with Gasteiger partial charge in [-0.25, -0.2) is 4.98 Å². The molecular weight excluding hydrogens is 436 g/mol. The highest BCUT2D eigenvalue weighted by Crippen LogP contribution is 2.31. The van der Waals surface area contributed by atoms with E-state index in [0.717, 1.165) is 35.5 Å². The number of rotatable bonds is 2. The van der Waals surface area contributed by atoms with Crippen LogP contribution in [-0.2, 0) is 9.59 Å². The van der Waals surface area contributed by atoms with Gasteiger partial charge in [-0.3, -0.25) is 9.59 Å². The van der Waals surface area contributed by atoms with Crippen LogP contribution in [0.3, 0.4) is 0 Å². The Kier molecular flexibility index (Phi) is 10.0. The van der Waals surface area contributed by atoms with Crippen molar-refractivity contribution in [2.75, 3.05) is 0 Å². The monoisotopic (exact) mass is 476 g/mol. The van der Waals surface area contributed by atoms with Gasteiger partial charge < -0.3 is 15.5 Å². The van der Waals surface area contributed by atoms with E-state index in [1.807, 2.05) is 32.2 Å². The van der Waals surface area contributed by atoms with Crippen LogP contribution in [0, 0.1) is 24.2 Å². The van der Waals surface area contributed by atoms with Crippen molar-refractivity contribution in [3.63, 3.8) is 0 Å². The van der Waals surface area contributed by atoms with Crippen LogP contribution in [0.1, 0.15) is 77.4 Å². The number of hydrogen-bond donors (Lipinski definition) is 3. The van der Waals surface area contributed by atoms with E-state index in [0.29, 0.717) is 6.42 Å². The van der Waals surface area contributed by atoms with Gasteiger partial charge in [0.15, 0.2) is 0 Å². The zero-order chi connectivity index (χ0) is 24.8. The predicted molar refractivity (Wildman–Crippen MR) is 134 cm³/mol. The fraction of sp³-hybridized carbons (Fsp3) is 0.654. The minimum absolute atomic E-state index is 0.0269. The number of nitrogens with one attached hydrogen (secondary N) is 1. The summed E-state index contributed by atoms with van der Waals surface area (Å²) in [6, 6.07) is -0.227. The molecule has 2 heterocycles. The van der Waals surface area contributed by atoms with Gasteiger partial charge in [-0.15, -0.1) is 11.3 Å². The molecule has 1 amide bonds. The van der Waals surface area contributed by atoms with E-state index >= 15 is 0 Å². The molecule has 0 radical (unpaired) electrons. The van der Waals surface area contributed by atoms with Crippen molar-refractivity contribution in [1.29, 1.82) is 0 Å². The number of ketones is 1. The van der Waals surface area contributed by atoms with Gasteiger partial charge in [-0.2, -0.15) is 0 Å². The van der Waals surface area contributed by atoms with Crippen molar-refractivity contribution in [3.05, 3.63) is 33.8 Å². The van der Waals surface area contributed by atoms with Crippen molar-refractivity contribution >= 4 is 29.1 Å². The molecule has 7 heteroatoms. The molecule has 0 aromatic carbocycles. The smallest absolute Gasteiger partial charge is 0.223 e. The van der Waals surface area contributed by atoms with Gasteiger partial charge in [-0.1, -0.05) is 39.8 Å². The maximum absolute atomic E-state index is 13.1. The van der Waals surface area contributed by atoms with Crippen LogP contribution in [0.4, 0.5) is 0 Å². The Morgan fingerprint density at radius 1 is 1.24 bits per heavy atom. The van der Waals surface area contributed by atoms with E-state index < -0.39 is 23.5 Å². The summed E-state index contributed by atoms with van der Waals surface area (Å²) in [5.41, 5.74) is 0.704. The lowest BCUT2D eigenvalue weighted by atomic mass is 9.73. The van der Waals surface area contributed by atoms with Gasteiger partial charge in [0.25, 0.3) is 0 Å². The number of aromatic nitrogens is 1. The predicted octanol–water partition coefficient (Wildman–Crippen LogP) is 4.45. The lowest BCUT2D eigenvalue weighted by Crippen LogP contribution is -2.47. The van der Waals surface area contributed by atoms with Crippen molar-refractivity contribution < 1.29 is 19.8 Å². The summed E-state index contributed by atoms with van der Waals surface area (Å²) < 4.78 is 0. The summed E-state index contributed by atoms with van der Waals surface area (Å²) in [5, 5.41) is 27.5. The highest BCUT2D eigenvalue weighted by molar-refractivity contribution is 7.09. The van der Waals surface area contributed by atoms with Gasteiger partial charge >= 0.3 is 0 Å². The van der Waals surface area contributed by atoms with Crippen LogP contribution in [0.5, 0.6) is 0 Å². The van der Waals surface area contributed by atoms with Gasteiger partial charge in [0, 0.05) is 11.3 Å². The molecule has 0 fully saturated rings. The molecule has 0 spiro atoms. The minimum Gasteiger partial charge on any atom is -0.392 e. The topological polar surface area (TPSA) is 99.5 Å². The first-order chi connectivity index (χ1) is 15.4. The Hall–Kier alpha value is -1.83. The first-order valence-corrected chi connectivity index (χ1v) is 12.8. The van der Waals surface area contributed by atoms with Crippen LogP contribution in [0.15, 0.2) is 23.1 Å². The van der Waals surface area contributed by atoms with Gasteiger partial charge in [0.2, 0.25) is 5.91 Å². The lowest BCUT2D eigenvalue weighted by molar-refractivity contribution is -0.143. The first kappa shape index (κ1) is 27.4. The number of thiazole rings is 1. The third-order valence-electron chi connectivity index (χ3n) is 6.82. The Morgan fingerprint density at radius 2 is 1.94 bits per heavy atom. The number of carbonyl (C=O) groups is 2. The Balaban J connectivity index is 2.27. The average Bonchev–Trinajstić information content (AvgIpc) is 3.16.